The average molecular weight is 254 g/mol. The zero-order chi connectivity index (χ0) is 10.1. The van der Waals surface area contributed by atoms with Crippen molar-refractivity contribution in [1.82, 2.24) is 5.32 Å². The molecule has 1 aromatic carbocycles. The molecule has 74 valence electrons. The molecule has 1 heterocycles. The van der Waals surface area contributed by atoms with Crippen LogP contribution in [0.3, 0.4) is 0 Å². The lowest BCUT2D eigenvalue weighted by atomic mass is 9.90. The van der Waals surface area contributed by atoms with Crippen molar-refractivity contribution in [2.24, 2.45) is 5.92 Å². The topological polar surface area (TPSA) is 29.1 Å². The van der Waals surface area contributed by atoms with Crippen molar-refractivity contribution in [3.05, 3.63) is 34.3 Å². The van der Waals surface area contributed by atoms with Gasteiger partial charge in [0, 0.05) is 22.9 Å². The van der Waals surface area contributed by atoms with Gasteiger partial charge in [-0.3, -0.25) is 4.79 Å². The highest BCUT2D eigenvalue weighted by molar-refractivity contribution is 9.10. The molecule has 1 N–H and O–H groups in total. The lowest BCUT2D eigenvalue weighted by Gasteiger charge is -2.12. The molecule has 3 heteroatoms. The van der Waals surface area contributed by atoms with E-state index in [0.29, 0.717) is 5.92 Å². The lowest BCUT2D eigenvalue weighted by molar-refractivity contribution is -0.122. The molecule has 0 saturated carbocycles. The summed E-state index contributed by atoms with van der Waals surface area (Å²) in [7, 11) is 0. The van der Waals surface area contributed by atoms with Crippen molar-refractivity contribution in [3.8, 4) is 0 Å². The van der Waals surface area contributed by atoms with Gasteiger partial charge in [0.1, 0.15) is 0 Å². The van der Waals surface area contributed by atoms with E-state index in [4.69, 9.17) is 0 Å². The molecule has 0 bridgehead atoms. The molecule has 1 aliphatic heterocycles. The maximum absolute atomic E-state index is 11.3. The number of halogens is 1. The molecule has 2 nitrogen and oxygen atoms in total. The third-order valence-corrected chi connectivity index (χ3v) is 3.34. The maximum atomic E-state index is 11.3. The van der Waals surface area contributed by atoms with Crippen LogP contribution in [0.2, 0.25) is 0 Å². The highest BCUT2D eigenvalue weighted by Crippen LogP contribution is 2.29. The second-order valence-corrected chi connectivity index (χ2v) is 4.61. The normalized spacial score (nSPS) is 26.3. The summed E-state index contributed by atoms with van der Waals surface area (Å²) in [4.78, 5) is 11.3. The van der Waals surface area contributed by atoms with Crippen molar-refractivity contribution in [1.29, 1.82) is 0 Å². The minimum absolute atomic E-state index is 0.0937. The minimum Gasteiger partial charge on any atom is -0.355 e. The molecular weight excluding hydrogens is 242 g/mol. The highest BCUT2D eigenvalue weighted by Gasteiger charge is 2.31. The number of amides is 1. The van der Waals surface area contributed by atoms with Gasteiger partial charge in [-0.05, 0) is 17.7 Å². The van der Waals surface area contributed by atoms with E-state index in [0.717, 1.165) is 11.0 Å². The number of carbonyl (C=O) groups excluding carboxylic acids is 1. The van der Waals surface area contributed by atoms with Crippen molar-refractivity contribution in [2.45, 2.75) is 12.8 Å². The molecule has 1 fully saturated rings. The van der Waals surface area contributed by atoms with Crippen molar-refractivity contribution < 1.29 is 4.79 Å². The summed E-state index contributed by atoms with van der Waals surface area (Å²) in [6, 6.07) is 8.19. The number of hydrogen-bond acceptors (Lipinski definition) is 1. The predicted octanol–water partition coefficient (Wildman–Crippen LogP) is 2.30. The van der Waals surface area contributed by atoms with E-state index >= 15 is 0 Å². The van der Waals surface area contributed by atoms with E-state index in [1.807, 2.05) is 19.1 Å². The third-order valence-electron chi connectivity index (χ3n) is 2.81. The molecule has 1 amide bonds. The van der Waals surface area contributed by atoms with Crippen LogP contribution in [0.1, 0.15) is 18.4 Å². The molecular formula is C11H12BrNO. The minimum atomic E-state index is 0.0937. The van der Waals surface area contributed by atoms with Crippen molar-refractivity contribution in [2.75, 3.05) is 6.54 Å². The monoisotopic (exact) mass is 253 g/mol. The Hall–Kier alpha value is -0.830. The average Bonchev–Trinajstić information content (AvgIpc) is 2.50. The molecule has 0 aliphatic carbocycles. The summed E-state index contributed by atoms with van der Waals surface area (Å²) in [6.07, 6.45) is 0. The van der Waals surface area contributed by atoms with Gasteiger partial charge in [-0.1, -0.05) is 35.0 Å². The van der Waals surface area contributed by atoms with E-state index < -0.39 is 0 Å². The maximum Gasteiger partial charge on any atom is 0.223 e. The number of benzene rings is 1. The fourth-order valence-electron chi connectivity index (χ4n) is 1.85. The number of nitrogens with one attached hydrogen (secondary N) is 1. The van der Waals surface area contributed by atoms with Gasteiger partial charge in [0.15, 0.2) is 0 Å². The van der Waals surface area contributed by atoms with Crippen LogP contribution in [0.15, 0.2) is 28.7 Å². The smallest absolute Gasteiger partial charge is 0.223 e. The summed E-state index contributed by atoms with van der Waals surface area (Å²) < 4.78 is 1.08. The van der Waals surface area contributed by atoms with Gasteiger partial charge in [0.05, 0.1) is 0 Å². The molecule has 1 saturated heterocycles. The van der Waals surface area contributed by atoms with Crippen LogP contribution in [0.25, 0.3) is 0 Å². The Morgan fingerprint density at radius 2 is 2.00 bits per heavy atom. The van der Waals surface area contributed by atoms with Gasteiger partial charge in [0.2, 0.25) is 5.91 Å². The Morgan fingerprint density at radius 1 is 1.36 bits per heavy atom. The van der Waals surface area contributed by atoms with Crippen LogP contribution in [0, 0.1) is 5.92 Å². The Kier molecular flexibility index (Phi) is 2.59. The quantitative estimate of drug-likeness (QED) is 0.818. The van der Waals surface area contributed by atoms with Crippen LogP contribution in [0.5, 0.6) is 0 Å². The van der Waals surface area contributed by atoms with Crippen molar-refractivity contribution >= 4 is 21.8 Å². The summed E-state index contributed by atoms with van der Waals surface area (Å²) in [5.41, 5.74) is 1.24. The summed E-state index contributed by atoms with van der Waals surface area (Å²) >= 11 is 3.40. The fraction of sp³-hybridized carbons (Fsp3) is 0.364. The number of carbonyl (C=O) groups is 1. The van der Waals surface area contributed by atoms with Gasteiger partial charge in [0.25, 0.3) is 0 Å². The van der Waals surface area contributed by atoms with Gasteiger partial charge < -0.3 is 5.32 Å². The van der Waals surface area contributed by atoms with Gasteiger partial charge >= 0.3 is 0 Å². The molecule has 0 radical (unpaired) electrons. The van der Waals surface area contributed by atoms with Crippen LogP contribution in [0.4, 0.5) is 0 Å². The Bertz CT molecular complexity index is 347. The van der Waals surface area contributed by atoms with E-state index in [9.17, 15) is 4.79 Å². The highest BCUT2D eigenvalue weighted by atomic mass is 79.9. The predicted molar refractivity (Wildman–Crippen MR) is 59.1 cm³/mol. The number of hydrogen-bond donors (Lipinski definition) is 1. The first-order chi connectivity index (χ1) is 6.68. The Balaban J connectivity index is 2.23. The van der Waals surface area contributed by atoms with Crippen LogP contribution < -0.4 is 5.32 Å². The molecule has 14 heavy (non-hydrogen) atoms. The second-order valence-electron chi connectivity index (χ2n) is 3.69. The molecule has 1 aliphatic rings. The molecule has 2 atom stereocenters. The van der Waals surface area contributed by atoms with Crippen LogP contribution in [-0.2, 0) is 4.79 Å². The molecule has 1 aromatic rings. The first kappa shape index (κ1) is 9.71. The summed E-state index contributed by atoms with van der Waals surface area (Å²) in [5.74, 6) is 0.588. The number of rotatable bonds is 1. The van der Waals surface area contributed by atoms with E-state index in [2.05, 4.69) is 33.4 Å². The first-order valence-electron chi connectivity index (χ1n) is 4.71. The van der Waals surface area contributed by atoms with Gasteiger partial charge in [-0.25, -0.2) is 0 Å². The second kappa shape index (κ2) is 3.73. The zero-order valence-electron chi connectivity index (χ0n) is 7.96. The van der Waals surface area contributed by atoms with Gasteiger partial charge in [-0.15, -0.1) is 0 Å². The van der Waals surface area contributed by atoms with Crippen molar-refractivity contribution in [3.63, 3.8) is 0 Å². The van der Waals surface area contributed by atoms with Crippen LogP contribution in [-0.4, -0.2) is 12.5 Å². The SMILES string of the molecule is CC1C(=O)NCC1c1ccc(Br)cc1. The van der Waals surface area contributed by atoms with Crippen LogP contribution >= 0.6 is 15.9 Å². The Morgan fingerprint density at radius 3 is 2.50 bits per heavy atom. The molecule has 2 rings (SSSR count). The van der Waals surface area contributed by atoms with E-state index in [-0.39, 0.29) is 11.8 Å². The summed E-state index contributed by atoms with van der Waals surface area (Å²) in [5, 5.41) is 2.88. The zero-order valence-corrected chi connectivity index (χ0v) is 9.54. The first-order valence-corrected chi connectivity index (χ1v) is 5.51. The molecule has 0 spiro atoms. The lowest BCUT2D eigenvalue weighted by Crippen LogP contribution is -2.16. The molecule has 0 aromatic heterocycles. The third kappa shape index (κ3) is 1.69. The van der Waals surface area contributed by atoms with E-state index in [1.165, 1.54) is 5.56 Å². The molecule has 2 unspecified atom stereocenters. The standard InChI is InChI=1S/C11H12BrNO/c1-7-10(6-13-11(7)14)8-2-4-9(12)5-3-8/h2-5,7,10H,6H2,1H3,(H,13,14). The fourth-order valence-corrected chi connectivity index (χ4v) is 2.11. The Labute approximate surface area is 91.8 Å². The summed E-state index contributed by atoms with van der Waals surface area (Å²) in [6.45, 7) is 2.75. The van der Waals surface area contributed by atoms with Gasteiger partial charge in [-0.2, -0.15) is 0 Å². The largest absolute Gasteiger partial charge is 0.355 e. The van der Waals surface area contributed by atoms with E-state index in [1.54, 1.807) is 0 Å².